The van der Waals surface area contributed by atoms with Crippen LogP contribution in [0.4, 0.5) is 5.95 Å². The van der Waals surface area contributed by atoms with E-state index in [0.717, 1.165) is 18.4 Å². The minimum absolute atomic E-state index is 0.0335. The van der Waals surface area contributed by atoms with Crippen molar-refractivity contribution in [2.24, 2.45) is 0 Å². The van der Waals surface area contributed by atoms with Gasteiger partial charge in [-0.1, -0.05) is 0 Å². The van der Waals surface area contributed by atoms with Crippen LogP contribution in [0.25, 0.3) is 6.08 Å². The molecule has 2 aliphatic rings. The topological polar surface area (TPSA) is 78.9 Å². The first-order valence-electron chi connectivity index (χ1n) is 8.91. The summed E-state index contributed by atoms with van der Waals surface area (Å²) in [6.07, 6.45) is 8.10. The van der Waals surface area contributed by atoms with Crippen LogP contribution in [0.5, 0.6) is 0 Å². The van der Waals surface area contributed by atoms with E-state index in [4.69, 9.17) is 4.74 Å². The van der Waals surface area contributed by atoms with Crippen molar-refractivity contribution in [2.75, 3.05) is 51.8 Å². The van der Waals surface area contributed by atoms with Gasteiger partial charge in [-0.05, 0) is 18.9 Å². The van der Waals surface area contributed by atoms with Gasteiger partial charge in [-0.3, -0.25) is 9.59 Å². The molecule has 1 aromatic heterocycles. The van der Waals surface area contributed by atoms with Crippen LogP contribution in [0.1, 0.15) is 18.4 Å². The second-order valence-electron chi connectivity index (χ2n) is 6.67. The van der Waals surface area contributed by atoms with Crippen LogP contribution in [0, 0.1) is 0 Å². The Labute approximate surface area is 153 Å². The van der Waals surface area contributed by atoms with Crippen LogP contribution < -0.4 is 4.90 Å². The van der Waals surface area contributed by atoms with Crippen LogP contribution in [-0.2, 0) is 14.3 Å². The summed E-state index contributed by atoms with van der Waals surface area (Å²) in [5.41, 5.74) is 0.749. The number of hydrogen-bond acceptors (Lipinski definition) is 6. The van der Waals surface area contributed by atoms with E-state index < -0.39 is 0 Å². The Morgan fingerprint density at radius 1 is 1.19 bits per heavy atom. The molecule has 8 heteroatoms. The van der Waals surface area contributed by atoms with Gasteiger partial charge in [0, 0.05) is 57.8 Å². The van der Waals surface area contributed by atoms with Gasteiger partial charge >= 0.3 is 0 Å². The van der Waals surface area contributed by atoms with Gasteiger partial charge in [0.2, 0.25) is 17.8 Å². The summed E-state index contributed by atoms with van der Waals surface area (Å²) in [5.74, 6) is 0.501. The highest BCUT2D eigenvalue weighted by Crippen LogP contribution is 2.20. The molecule has 0 saturated carbocycles. The molecule has 8 nitrogen and oxygen atoms in total. The zero-order chi connectivity index (χ0) is 18.5. The van der Waals surface area contributed by atoms with E-state index in [1.807, 2.05) is 19.0 Å². The largest absolute Gasteiger partial charge is 0.378 e. The first-order chi connectivity index (χ1) is 12.6. The summed E-state index contributed by atoms with van der Waals surface area (Å²) in [5, 5.41) is 0. The van der Waals surface area contributed by atoms with E-state index in [1.165, 1.54) is 6.08 Å². The molecule has 2 saturated heterocycles. The number of carbonyl (C=O) groups is 2. The molecule has 0 radical (unpaired) electrons. The zero-order valence-electron chi connectivity index (χ0n) is 15.3. The number of amides is 2. The number of rotatable bonds is 4. The van der Waals surface area contributed by atoms with Crippen LogP contribution in [0.2, 0.25) is 0 Å². The lowest BCUT2D eigenvalue weighted by Gasteiger charge is -2.32. The van der Waals surface area contributed by atoms with Gasteiger partial charge in [0.25, 0.3) is 0 Å². The fourth-order valence-electron chi connectivity index (χ4n) is 3.19. The Bertz CT molecular complexity index is 668. The van der Waals surface area contributed by atoms with Gasteiger partial charge in [0.15, 0.2) is 0 Å². The Balaban J connectivity index is 1.63. The Morgan fingerprint density at radius 3 is 2.54 bits per heavy atom. The molecule has 0 bridgehead atoms. The number of aromatic nitrogens is 2. The number of anilines is 1. The number of carbonyl (C=O) groups excluding carboxylic acids is 2. The average molecular weight is 359 g/mol. The minimum Gasteiger partial charge on any atom is -0.378 e. The Morgan fingerprint density at radius 2 is 1.88 bits per heavy atom. The molecule has 3 heterocycles. The van der Waals surface area contributed by atoms with Crippen molar-refractivity contribution < 1.29 is 14.3 Å². The highest BCUT2D eigenvalue weighted by Gasteiger charge is 2.36. The van der Waals surface area contributed by atoms with Crippen molar-refractivity contribution in [1.82, 2.24) is 19.8 Å². The second-order valence-corrected chi connectivity index (χ2v) is 6.67. The maximum atomic E-state index is 12.7. The van der Waals surface area contributed by atoms with E-state index in [-0.39, 0.29) is 17.9 Å². The molecule has 2 aliphatic heterocycles. The van der Waals surface area contributed by atoms with E-state index in [9.17, 15) is 9.59 Å². The highest BCUT2D eigenvalue weighted by molar-refractivity contribution is 5.96. The zero-order valence-corrected chi connectivity index (χ0v) is 15.3. The van der Waals surface area contributed by atoms with E-state index in [1.54, 1.807) is 28.3 Å². The molecule has 3 rings (SSSR count). The molecule has 1 aromatic rings. The molecule has 0 N–H and O–H groups in total. The summed E-state index contributed by atoms with van der Waals surface area (Å²) in [6.45, 7) is 2.94. The number of ether oxygens (including phenoxy) is 1. The van der Waals surface area contributed by atoms with Gasteiger partial charge in [-0.2, -0.15) is 0 Å². The highest BCUT2D eigenvalue weighted by atomic mass is 16.5. The molecule has 0 unspecified atom stereocenters. The molecule has 0 aromatic carbocycles. The molecule has 2 fully saturated rings. The standard InChI is InChI=1S/C18H25N5O3/c1-21(2)18-19-12-14(13-20-18)5-6-16(24)23-7-3-4-15(23)17(25)22-8-10-26-11-9-22/h5-6,12-13,15H,3-4,7-11H2,1-2H3/b6-5+/t15-/m0/s1. The van der Waals surface area contributed by atoms with Crippen molar-refractivity contribution in [3.8, 4) is 0 Å². The van der Waals surface area contributed by atoms with Gasteiger partial charge in [-0.15, -0.1) is 0 Å². The first kappa shape index (κ1) is 18.3. The van der Waals surface area contributed by atoms with Gasteiger partial charge < -0.3 is 19.4 Å². The third-order valence-electron chi connectivity index (χ3n) is 4.62. The van der Waals surface area contributed by atoms with E-state index in [0.29, 0.717) is 38.8 Å². The number of hydrogen-bond donors (Lipinski definition) is 0. The minimum atomic E-state index is -0.363. The summed E-state index contributed by atoms with van der Waals surface area (Å²) in [4.78, 5) is 39.0. The fraction of sp³-hybridized carbons (Fsp3) is 0.556. The maximum Gasteiger partial charge on any atom is 0.247 e. The Hall–Kier alpha value is -2.48. The van der Waals surface area contributed by atoms with Gasteiger partial charge in [0.1, 0.15) is 6.04 Å². The number of likely N-dealkylation sites (tertiary alicyclic amines) is 1. The second kappa shape index (κ2) is 8.27. The summed E-state index contributed by atoms with van der Waals surface area (Å²) >= 11 is 0. The molecular formula is C18H25N5O3. The predicted molar refractivity (Wildman–Crippen MR) is 97.5 cm³/mol. The summed E-state index contributed by atoms with van der Waals surface area (Å²) in [6, 6.07) is -0.363. The smallest absolute Gasteiger partial charge is 0.247 e. The van der Waals surface area contributed by atoms with Crippen LogP contribution in [0.15, 0.2) is 18.5 Å². The SMILES string of the molecule is CN(C)c1ncc(/C=C/C(=O)N2CCC[C@H]2C(=O)N2CCOCC2)cn1. The normalized spacial score (nSPS) is 20.6. The van der Waals surface area contributed by atoms with Crippen molar-refractivity contribution in [3.05, 3.63) is 24.0 Å². The molecule has 0 aliphatic carbocycles. The van der Waals surface area contributed by atoms with Crippen molar-refractivity contribution in [1.29, 1.82) is 0 Å². The average Bonchev–Trinajstić information content (AvgIpc) is 3.16. The summed E-state index contributed by atoms with van der Waals surface area (Å²) in [7, 11) is 3.74. The molecule has 0 spiro atoms. The molecule has 140 valence electrons. The lowest BCUT2D eigenvalue weighted by atomic mass is 10.1. The molecule has 26 heavy (non-hydrogen) atoms. The van der Waals surface area contributed by atoms with E-state index >= 15 is 0 Å². The van der Waals surface area contributed by atoms with Crippen LogP contribution in [0.3, 0.4) is 0 Å². The molecular weight excluding hydrogens is 334 g/mol. The number of nitrogens with zero attached hydrogens (tertiary/aromatic N) is 5. The summed E-state index contributed by atoms with van der Waals surface area (Å²) < 4.78 is 5.30. The van der Waals surface area contributed by atoms with Crippen LogP contribution >= 0.6 is 0 Å². The first-order valence-corrected chi connectivity index (χ1v) is 8.91. The third-order valence-corrected chi connectivity index (χ3v) is 4.62. The van der Waals surface area contributed by atoms with E-state index in [2.05, 4.69) is 9.97 Å². The molecule has 1 atom stereocenters. The van der Waals surface area contributed by atoms with Crippen molar-refractivity contribution >= 4 is 23.8 Å². The molecule has 2 amide bonds. The fourth-order valence-corrected chi connectivity index (χ4v) is 3.19. The maximum absolute atomic E-state index is 12.7. The van der Waals surface area contributed by atoms with Crippen molar-refractivity contribution in [2.45, 2.75) is 18.9 Å². The van der Waals surface area contributed by atoms with Gasteiger partial charge in [-0.25, -0.2) is 9.97 Å². The number of morpholine rings is 1. The quantitative estimate of drug-likeness (QED) is 0.725. The third kappa shape index (κ3) is 4.19. The Kier molecular flexibility index (Phi) is 5.82. The lowest BCUT2D eigenvalue weighted by Crippen LogP contribution is -2.50. The van der Waals surface area contributed by atoms with Gasteiger partial charge in [0.05, 0.1) is 13.2 Å². The predicted octanol–water partition coefficient (Wildman–Crippen LogP) is 0.406. The monoisotopic (exact) mass is 359 g/mol. The lowest BCUT2D eigenvalue weighted by molar-refractivity contribution is -0.144. The van der Waals surface area contributed by atoms with Crippen molar-refractivity contribution in [3.63, 3.8) is 0 Å². The van der Waals surface area contributed by atoms with Crippen LogP contribution in [-0.4, -0.2) is 84.6 Å².